The van der Waals surface area contributed by atoms with E-state index in [9.17, 15) is 33.5 Å². The van der Waals surface area contributed by atoms with Gasteiger partial charge in [0.25, 0.3) is 0 Å². The van der Waals surface area contributed by atoms with E-state index in [2.05, 4.69) is 14.8 Å². The number of anilines is 1. The highest BCUT2D eigenvalue weighted by Crippen LogP contribution is 2.49. The number of phosphoric ester groups is 2. The number of hydrogen-bond donors (Lipinski definition) is 6. The number of carbonyl (C=O) groups is 2. The third-order valence-electron chi connectivity index (χ3n) is 6.70. The number of aliphatic hydroxyl groups is 1. The number of aromatic nitrogens is 2. The Morgan fingerprint density at radius 1 is 1.10 bits per heavy atom. The van der Waals surface area contributed by atoms with E-state index >= 15 is 0 Å². The zero-order valence-corrected chi connectivity index (χ0v) is 23.6. The molecule has 41 heavy (non-hydrogen) atoms. The molecule has 2 unspecified atom stereocenters. The zero-order valence-electron chi connectivity index (χ0n) is 21.8. The van der Waals surface area contributed by atoms with E-state index in [4.69, 9.17) is 34.0 Å². The van der Waals surface area contributed by atoms with Gasteiger partial charge in [-0.05, 0) is 6.92 Å². The first-order valence-electron chi connectivity index (χ1n) is 12.3. The van der Waals surface area contributed by atoms with Gasteiger partial charge in [-0.15, -0.1) is 0 Å². The van der Waals surface area contributed by atoms with Gasteiger partial charge in [0.2, 0.25) is 5.91 Å². The first kappa shape index (κ1) is 31.7. The number of phosphoric acid groups is 2. The third-order valence-corrected chi connectivity index (χ3v) is 8.20. The zero-order chi connectivity index (χ0) is 30.3. The van der Waals surface area contributed by atoms with Crippen molar-refractivity contribution in [2.45, 2.75) is 63.6 Å². The fourth-order valence-electron chi connectivity index (χ4n) is 4.52. The first-order valence-corrected chi connectivity index (χ1v) is 15.4. The number of ether oxygens (including phenoxy) is 2. The Balaban J connectivity index is 1.40. The molecule has 0 spiro atoms. The Morgan fingerprint density at radius 3 is 2.44 bits per heavy atom. The van der Waals surface area contributed by atoms with Gasteiger partial charge in [-0.25, -0.2) is 18.7 Å². The lowest BCUT2D eigenvalue weighted by atomic mass is 10.1. The summed E-state index contributed by atoms with van der Waals surface area (Å²) in [6.07, 6.45) is -5.99. The Labute approximate surface area is 232 Å². The molecule has 0 saturated carbocycles. The van der Waals surface area contributed by atoms with Crippen molar-refractivity contribution in [2.75, 3.05) is 25.5 Å². The van der Waals surface area contributed by atoms with E-state index in [1.807, 2.05) is 0 Å². The van der Waals surface area contributed by atoms with E-state index in [1.165, 1.54) is 6.20 Å². The molecule has 0 aromatic carbocycles. The smallest absolute Gasteiger partial charge is 0.390 e. The molecule has 3 aliphatic rings. The predicted octanol–water partition coefficient (Wildman–Crippen LogP) is -1.30. The topological polar surface area (TPSA) is 272 Å². The molecule has 230 valence electrons. The maximum absolute atomic E-state index is 12.8. The Hall–Kier alpha value is -2.28. The molecule has 3 fully saturated rings. The highest BCUT2D eigenvalue weighted by atomic mass is 31.2. The molecule has 4 rings (SSSR count). The number of nitrogens with zero attached hydrogens (tertiary/aromatic N) is 3. The number of hydrogen-bond acceptors (Lipinski definition) is 13. The average molecular weight is 627 g/mol. The number of carbonyl (C=O) groups excluding carboxylic acids is 2. The molecule has 4 heterocycles. The van der Waals surface area contributed by atoms with Gasteiger partial charge in [0.05, 0.1) is 25.2 Å². The summed E-state index contributed by atoms with van der Waals surface area (Å²) in [6.45, 7) is 1.72. The number of rotatable bonds is 10. The summed E-state index contributed by atoms with van der Waals surface area (Å²) in [7, 11) is -9.90. The minimum atomic E-state index is -4.97. The van der Waals surface area contributed by atoms with Gasteiger partial charge in [-0.3, -0.25) is 33.1 Å². The number of aliphatic hydroxyl groups excluding tert-OH is 1. The number of amides is 3. The molecule has 21 heteroatoms. The van der Waals surface area contributed by atoms with Crippen LogP contribution in [0.3, 0.4) is 0 Å². The van der Waals surface area contributed by atoms with Crippen LogP contribution in [0.2, 0.25) is 0 Å². The van der Waals surface area contributed by atoms with Crippen LogP contribution in [-0.4, -0.2) is 96.6 Å². The van der Waals surface area contributed by atoms with Crippen LogP contribution in [0.5, 0.6) is 0 Å². The second kappa shape index (κ2) is 12.1. The molecule has 7 N–H and O–H groups in total. The van der Waals surface area contributed by atoms with Gasteiger partial charge in [0.1, 0.15) is 36.6 Å². The molecular formula is C20H31N5O14P2. The lowest BCUT2D eigenvalue weighted by molar-refractivity contribution is -0.128. The quantitative estimate of drug-likeness (QED) is 0.164. The first-order chi connectivity index (χ1) is 19.0. The van der Waals surface area contributed by atoms with Crippen molar-refractivity contribution in [3.63, 3.8) is 0 Å². The Morgan fingerprint density at radius 2 is 1.76 bits per heavy atom. The molecule has 19 nitrogen and oxygen atoms in total. The summed E-state index contributed by atoms with van der Waals surface area (Å²) >= 11 is 0. The number of urea groups is 1. The molecule has 1 aromatic heterocycles. The summed E-state index contributed by atoms with van der Waals surface area (Å²) < 4.78 is 51.2. The molecule has 3 amide bonds. The van der Waals surface area contributed by atoms with Crippen LogP contribution in [0.1, 0.15) is 31.6 Å². The highest BCUT2D eigenvalue weighted by molar-refractivity contribution is 7.47. The van der Waals surface area contributed by atoms with Gasteiger partial charge < -0.3 is 35.0 Å². The van der Waals surface area contributed by atoms with Crippen molar-refractivity contribution < 1.29 is 61.6 Å². The van der Waals surface area contributed by atoms with Crippen molar-refractivity contribution in [3.05, 3.63) is 22.2 Å². The standard InChI is InChI=1S/C20H31N5O14P2/c1-9-5-24(19(28)22-17(9)21)15-3-11(26)13(37-15)7-36-41(33,34)39-12-4-16(38-14(12)8-35-40(30,31)32)25-6-10(2)18(27)23-20(25)29/h5,10-16,26H,3-4,6-8H2,1-2H3,(H,33,34)(H2,21,22,28)(H,23,27,29)(H2,30,31,32)/t10?,11-,12-,13+,14+,15+,16-/m0/s1. The Bertz CT molecular complexity index is 1320. The van der Waals surface area contributed by atoms with E-state index in [0.29, 0.717) is 5.56 Å². The molecule has 8 atom stereocenters. The van der Waals surface area contributed by atoms with Crippen LogP contribution in [0.4, 0.5) is 10.6 Å². The molecule has 0 bridgehead atoms. The number of nitrogens with two attached hydrogens (primary N) is 1. The monoisotopic (exact) mass is 627 g/mol. The van der Waals surface area contributed by atoms with Crippen LogP contribution in [0, 0.1) is 12.8 Å². The summed E-state index contributed by atoms with van der Waals surface area (Å²) in [4.78, 5) is 69.7. The van der Waals surface area contributed by atoms with Crippen molar-refractivity contribution in [1.29, 1.82) is 0 Å². The van der Waals surface area contributed by atoms with Gasteiger partial charge in [0.15, 0.2) is 0 Å². The van der Waals surface area contributed by atoms with Gasteiger partial charge >= 0.3 is 27.4 Å². The van der Waals surface area contributed by atoms with Gasteiger partial charge in [0, 0.05) is 31.1 Å². The lowest BCUT2D eigenvalue weighted by Gasteiger charge is -2.34. The molecule has 0 aliphatic carbocycles. The number of imide groups is 1. The average Bonchev–Trinajstić information content (AvgIpc) is 3.43. The minimum Gasteiger partial charge on any atom is -0.390 e. The van der Waals surface area contributed by atoms with Crippen molar-refractivity contribution in [2.24, 2.45) is 5.92 Å². The van der Waals surface area contributed by atoms with Crippen molar-refractivity contribution in [1.82, 2.24) is 19.8 Å². The van der Waals surface area contributed by atoms with Crippen LogP contribution >= 0.6 is 15.6 Å². The van der Waals surface area contributed by atoms with E-state index < -0.39 is 89.3 Å². The van der Waals surface area contributed by atoms with Gasteiger partial charge in [-0.1, -0.05) is 6.92 Å². The molecule has 3 aliphatic heterocycles. The second-order valence-electron chi connectivity index (χ2n) is 9.84. The minimum absolute atomic E-state index is 0.0367. The Kier molecular flexibility index (Phi) is 9.37. The number of nitrogens with one attached hydrogen (secondary N) is 1. The van der Waals surface area contributed by atoms with Crippen LogP contribution in [0.25, 0.3) is 0 Å². The van der Waals surface area contributed by atoms with E-state index in [-0.39, 0.29) is 25.2 Å². The highest BCUT2D eigenvalue weighted by Gasteiger charge is 2.47. The largest absolute Gasteiger partial charge is 0.472 e. The summed E-state index contributed by atoms with van der Waals surface area (Å²) in [5, 5.41) is 12.5. The van der Waals surface area contributed by atoms with E-state index in [1.54, 1.807) is 13.8 Å². The molecular weight excluding hydrogens is 596 g/mol. The van der Waals surface area contributed by atoms with Gasteiger partial charge in [-0.2, -0.15) is 4.98 Å². The maximum atomic E-state index is 12.8. The third kappa shape index (κ3) is 7.77. The summed E-state index contributed by atoms with van der Waals surface area (Å²) in [6, 6.07) is -0.788. The van der Waals surface area contributed by atoms with Crippen LogP contribution in [0.15, 0.2) is 11.0 Å². The fraction of sp³-hybridized carbons (Fsp3) is 0.700. The summed E-state index contributed by atoms with van der Waals surface area (Å²) in [5.41, 5.74) is 5.40. The molecule has 1 aromatic rings. The normalized spacial score (nSPS) is 32.2. The summed E-state index contributed by atoms with van der Waals surface area (Å²) in [5.74, 6) is -1.06. The molecule has 3 saturated heterocycles. The van der Waals surface area contributed by atoms with Crippen molar-refractivity contribution in [3.8, 4) is 0 Å². The van der Waals surface area contributed by atoms with Crippen LogP contribution < -0.4 is 16.7 Å². The predicted molar refractivity (Wildman–Crippen MR) is 134 cm³/mol. The fourth-order valence-corrected chi connectivity index (χ4v) is 5.83. The molecule has 0 radical (unpaired) electrons. The van der Waals surface area contributed by atoms with Crippen LogP contribution in [-0.2, 0) is 37.0 Å². The number of aryl methyl sites for hydroxylation is 1. The SMILES string of the molecule is Cc1cn([C@H]2C[C@H](O)[C@@H](COP(=O)(O)O[C@H]3C[C@@H](N4CC(C)C(=O)NC4=O)O[C@@H]3COP(=O)(O)O)O2)c(=O)nc1N. The second-order valence-corrected chi connectivity index (χ2v) is 12.5. The van der Waals surface area contributed by atoms with E-state index in [0.717, 1.165) is 9.47 Å². The maximum Gasteiger partial charge on any atom is 0.472 e. The number of nitrogen functional groups attached to an aromatic ring is 1. The lowest BCUT2D eigenvalue weighted by Crippen LogP contribution is -2.57. The van der Waals surface area contributed by atoms with Crippen molar-refractivity contribution >= 4 is 33.4 Å².